The van der Waals surface area contributed by atoms with Gasteiger partial charge in [0.1, 0.15) is 13.2 Å². The molecule has 75 heavy (non-hydrogen) atoms. The summed E-state index contributed by atoms with van der Waals surface area (Å²) in [6, 6.07) is 0. The predicted molar refractivity (Wildman–Crippen MR) is 325 cm³/mol. The number of ether oxygens (including phenoxy) is 3. The summed E-state index contributed by atoms with van der Waals surface area (Å²) in [5.74, 6) is -0.960. The maximum absolute atomic E-state index is 12.8. The van der Waals surface area contributed by atoms with Crippen molar-refractivity contribution in [1.82, 2.24) is 0 Å². The smallest absolute Gasteiger partial charge is 0.306 e. The van der Waals surface area contributed by atoms with Crippen molar-refractivity contribution in [1.29, 1.82) is 0 Å². The van der Waals surface area contributed by atoms with Crippen molar-refractivity contribution in [2.45, 2.75) is 361 Å². The first kappa shape index (κ1) is 72.4. The van der Waals surface area contributed by atoms with Crippen LogP contribution in [0, 0.1) is 0 Å². The molecule has 0 aliphatic rings. The molecule has 6 nitrogen and oxygen atoms in total. The fourth-order valence-electron chi connectivity index (χ4n) is 9.93. The molecular weight excluding hydrogens is 925 g/mol. The molecule has 0 aromatic rings. The number of hydrogen-bond donors (Lipinski definition) is 0. The summed E-state index contributed by atoms with van der Waals surface area (Å²) in [7, 11) is 0. The zero-order valence-electron chi connectivity index (χ0n) is 50.3. The molecule has 0 aliphatic carbocycles. The van der Waals surface area contributed by atoms with Gasteiger partial charge in [0.15, 0.2) is 6.10 Å². The van der Waals surface area contributed by atoms with E-state index in [2.05, 4.69) is 63.3 Å². The molecule has 0 spiro atoms. The molecule has 0 aromatic heterocycles. The van der Waals surface area contributed by atoms with Crippen LogP contribution in [0.2, 0.25) is 0 Å². The number of carbonyl (C=O) groups excluding carboxylic acids is 3. The molecule has 0 fully saturated rings. The molecule has 0 aromatic carbocycles. The van der Waals surface area contributed by atoms with Crippen LogP contribution in [-0.4, -0.2) is 37.2 Å². The minimum atomic E-state index is -0.808. The van der Waals surface area contributed by atoms with Gasteiger partial charge in [-0.1, -0.05) is 339 Å². The molecule has 1 unspecified atom stereocenters. The maximum Gasteiger partial charge on any atom is 0.306 e. The molecule has 0 amide bonds. The van der Waals surface area contributed by atoms with Crippen molar-refractivity contribution in [3.8, 4) is 0 Å². The molecule has 0 radical (unpaired) electrons. The molecule has 438 valence electrons. The highest BCUT2D eigenvalue weighted by atomic mass is 16.6. The van der Waals surface area contributed by atoms with Crippen molar-refractivity contribution >= 4 is 17.9 Å². The Labute approximate surface area is 467 Å². The van der Waals surface area contributed by atoms with Crippen LogP contribution in [0.25, 0.3) is 0 Å². The van der Waals surface area contributed by atoms with Gasteiger partial charge in [0.2, 0.25) is 0 Å². The van der Waals surface area contributed by atoms with E-state index in [9.17, 15) is 14.4 Å². The lowest BCUT2D eigenvalue weighted by atomic mass is 10.0. The number of unbranched alkanes of at least 4 members (excludes halogenated alkanes) is 42. The van der Waals surface area contributed by atoms with E-state index in [-0.39, 0.29) is 37.5 Å². The largest absolute Gasteiger partial charge is 0.462 e. The van der Waals surface area contributed by atoms with Crippen LogP contribution in [0.5, 0.6) is 0 Å². The Morgan fingerprint density at radius 1 is 0.280 bits per heavy atom. The van der Waals surface area contributed by atoms with Crippen LogP contribution in [0.1, 0.15) is 355 Å². The van der Waals surface area contributed by atoms with E-state index in [1.165, 1.54) is 244 Å². The van der Waals surface area contributed by atoms with E-state index in [1.54, 1.807) is 0 Å². The van der Waals surface area contributed by atoms with Crippen molar-refractivity contribution in [2.75, 3.05) is 13.2 Å². The van der Waals surface area contributed by atoms with E-state index >= 15 is 0 Å². The van der Waals surface area contributed by atoms with Gasteiger partial charge in [-0.25, -0.2) is 0 Å². The van der Waals surface area contributed by atoms with Crippen LogP contribution in [0.15, 0.2) is 48.6 Å². The van der Waals surface area contributed by atoms with Gasteiger partial charge < -0.3 is 14.2 Å². The number of hydrogen-bond acceptors (Lipinski definition) is 6. The van der Waals surface area contributed by atoms with E-state index in [4.69, 9.17) is 14.2 Å². The van der Waals surface area contributed by atoms with Gasteiger partial charge >= 0.3 is 17.9 Å². The van der Waals surface area contributed by atoms with Gasteiger partial charge in [0, 0.05) is 19.3 Å². The third-order valence-corrected chi connectivity index (χ3v) is 14.9. The van der Waals surface area contributed by atoms with Crippen LogP contribution in [-0.2, 0) is 28.6 Å². The lowest BCUT2D eigenvalue weighted by molar-refractivity contribution is -0.166. The van der Waals surface area contributed by atoms with Gasteiger partial charge in [0.05, 0.1) is 0 Å². The first-order valence-electron chi connectivity index (χ1n) is 33.1. The standard InChI is InChI=1S/C69H126O6/c1-4-7-10-13-16-19-22-25-26-27-28-29-30-31-32-33-34-35-36-37-38-39-40-41-42-45-47-50-53-56-59-62-68(71)74-65-66(75-69(72)63-60-57-54-51-48-44-24-21-18-15-12-9-6-3)64-73-67(70)61-58-55-52-49-46-43-23-20-17-14-11-8-5-2/h9,12,18,21,44,48,54,57,66H,4-8,10-11,13-17,19-20,22-43,45-47,49-53,55-56,58-65H2,1-3H3/b12-9-,21-18-,48-44-,57-54-. The average Bonchev–Trinajstić information content (AvgIpc) is 3.41. The molecule has 6 heteroatoms. The summed E-state index contributed by atoms with van der Waals surface area (Å²) in [5, 5.41) is 0. The Balaban J connectivity index is 4.11. The summed E-state index contributed by atoms with van der Waals surface area (Å²) in [6.07, 6.45) is 80.3. The van der Waals surface area contributed by atoms with Crippen LogP contribution < -0.4 is 0 Å². The molecule has 0 bridgehead atoms. The highest BCUT2D eigenvalue weighted by Crippen LogP contribution is 2.18. The average molecular weight is 1050 g/mol. The lowest BCUT2D eigenvalue weighted by Gasteiger charge is -2.18. The molecule has 1 atom stereocenters. The molecular formula is C69H126O6. The number of allylic oxidation sites excluding steroid dienone is 8. The zero-order chi connectivity index (χ0) is 54.3. The molecule has 0 heterocycles. The Morgan fingerprint density at radius 3 is 0.787 bits per heavy atom. The second-order valence-corrected chi connectivity index (χ2v) is 22.4. The van der Waals surface area contributed by atoms with Crippen molar-refractivity contribution in [3.63, 3.8) is 0 Å². The Hall–Kier alpha value is -2.63. The summed E-state index contributed by atoms with van der Waals surface area (Å²) < 4.78 is 16.8. The van der Waals surface area contributed by atoms with Gasteiger partial charge in [-0.05, 0) is 44.9 Å². The topological polar surface area (TPSA) is 78.9 Å². The monoisotopic (exact) mass is 1050 g/mol. The van der Waals surface area contributed by atoms with E-state index < -0.39 is 6.10 Å². The summed E-state index contributed by atoms with van der Waals surface area (Å²) in [4.78, 5) is 38.1. The van der Waals surface area contributed by atoms with Crippen LogP contribution >= 0.6 is 0 Å². The Morgan fingerprint density at radius 2 is 0.520 bits per heavy atom. The summed E-state index contributed by atoms with van der Waals surface area (Å²) >= 11 is 0. The van der Waals surface area contributed by atoms with Crippen molar-refractivity contribution in [2.24, 2.45) is 0 Å². The Kier molecular flexibility index (Phi) is 61.7. The Bertz CT molecular complexity index is 1300. The SMILES string of the molecule is CC/C=C\C/C=C\C/C=C\C/C=C\CCC(=O)OC(COC(=O)CCCCCCCCCCCCCCC)COC(=O)CCCCCCCCCCCCCCCCCCCCCCCCCCCCCCCCC. The molecule has 0 N–H and O–H groups in total. The molecule has 0 saturated carbocycles. The van der Waals surface area contributed by atoms with E-state index in [0.29, 0.717) is 19.3 Å². The zero-order valence-corrected chi connectivity index (χ0v) is 50.3. The van der Waals surface area contributed by atoms with Crippen molar-refractivity contribution < 1.29 is 28.6 Å². The van der Waals surface area contributed by atoms with Crippen LogP contribution in [0.4, 0.5) is 0 Å². The first-order valence-corrected chi connectivity index (χ1v) is 33.1. The minimum absolute atomic E-state index is 0.0970. The summed E-state index contributed by atoms with van der Waals surface area (Å²) in [5.41, 5.74) is 0. The number of rotatable bonds is 61. The predicted octanol–water partition coefficient (Wildman–Crippen LogP) is 22.6. The highest BCUT2D eigenvalue weighted by molar-refractivity contribution is 5.71. The quantitative estimate of drug-likeness (QED) is 0.0261. The molecule has 0 rings (SSSR count). The van der Waals surface area contributed by atoms with E-state index in [0.717, 1.165) is 64.2 Å². The normalized spacial score (nSPS) is 12.3. The van der Waals surface area contributed by atoms with Gasteiger partial charge in [-0.2, -0.15) is 0 Å². The third kappa shape index (κ3) is 62.1. The third-order valence-electron chi connectivity index (χ3n) is 14.9. The number of carbonyl (C=O) groups is 3. The van der Waals surface area contributed by atoms with Crippen LogP contribution in [0.3, 0.4) is 0 Å². The summed E-state index contributed by atoms with van der Waals surface area (Å²) in [6.45, 7) is 6.51. The van der Waals surface area contributed by atoms with Gasteiger partial charge in [-0.15, -0.1) is 0 Å². The fraction of sp³-hybridized carbons (Fsp3) is 0.841. The second kappa shape index (κ2) is 63.9. The van der Waals surface area contributed by atoms with Gasteiger partial charge in [-0.3, -0.25) is 14.4 Å². The number of esters is 3. The molecule has 0 aliphatic heterocycles. The first-order chi connectivity index (χ1) is 37.0. The minimum Gasteiger partial charge on any atom is -0.462 e. The van der Waals surface area contributed by atoms with Crippen molar-refractivity contribution in [3.05, 3.63) is 48.6 Å². The maximum atomic E-state index is 12.8. The molecule has 0 saturated heterocycles. The van der Waals surface area contributed by atoms with Gasteiger partial charge in [0.25, 0.3) is 0 Å². The fourth-order valence-corrected chi connectivity index (χ4v) is 9.93. The highest BCUT2D eigenvalue weighted by Gasteiger charge is 2.19. The lowest BCUT2D eigenvalue weighted by Crippen LogP contribution is -2.30. The van der Waals surface area contributed by atoms with E-state index in [1.807, 2.05) is 6.08 Å². The second-order valence-electron chi connectivity index (χ2n) is 22.4.